The molecule has 0 spiro atoms. The van der Waals surface area contributed by atoms with Crippen molar-refractivity contribution in [1.82, 2.24) is 4.57 Å². The van der Waals surface area contributed by atoms with Crippen LogP contribution in [0.4, 0.5) is 0 Å². The minimum absolute atomic E-state index is 0.713. The SMILES string of the molecule is Clc1cccc(-n2c3ccccc3c3c4ccccc4oc32)c1. The maximum Gasteiger partial charge on any atom is 0.213 e. The summed E-state index contributed by atoms with van der Waals surface area (Å²) in [5.74, 6) is 0. The number of furan rings is 1. The zero-order chi connectivity index (χ0) is 15.4. The smallest absolute Gasteiger partial charge is 0.213 e. The minimum atomic E-state index is 0.713. The van der Waals surface area contributed by atoms with E-state index < -0.39 is 0 Å². The van der Waals surface area contributed by atoms with Crippen molar-refractivity contribution < 1.29 is 4.42 Å². The molecule has 0 saturated carbocycles. The van der Waals surface area contributed by atoms with Crippen LogP contribution in [0.5, 0.6) is 0 Å². The lowest BCUT2D eigenvalue weighted by atomic mass is 10.1. The first-order chi connectivity index (χ1) is 11.3. The third-order valence-corrected chi connectivity index (χ3v) is 4.50. The maximum atomic E-state index is 6.20. The number of fused-ring (bicyclic) bond motifs is 5. The number of hydrogen-bond acceptors (Lipinski definition) is 1. The molecule has 0 aliphatic rings. The van der Waals surface area contributed by atoms with Crippen LogP contribution in [0.2, 0.25) is 5.02 Å². The Morgan fingerprint density at radius 1 is 0.783 bits per heavy atom. The Bertz CT molecular complexity index is 1180. The van der Waals surface area contributed by atoms with Crippen molar-refractivity contribution in [3.05, 3.63) is 77.8 Å². The molecule has 0 fully saturated rings. The van der Waals surface area contributed by atoms with Crippen LogP contribution in [0.25, 0.3) is 38.7 Å². The van der Waals surface area contributed by atoms with E-state index >= 15 is 0 Å². The number of hydrogen-bond donors (Lipinski definition) is 0. The molecule has 3 heteroatoms. The van der Waals surface area contributed by atoms with Gasteiger partial charge in [-0.05, 0) is 30.3 Å². The first-order valence-corrected chi connectivity index (χ1v) is 7.87. The molecule has 0 N–H and O–H groups in total. The van der Waals surface area contributed by atoms with Crippen molar-refractivity contribution in [2.75, 3.05) is 0 Å². The van der Waals surface area contributed by atoms with Gasteiger partial charge in [0.15, 0.2) is 0 Å². The Morgan fingerprint density at radius 3 is 2.43 bits per heavy atom. The highest BCUT2D eigenvalue weighted by molar-refractivity contribution is 6.30. The summed E-state index contributed by atoms with van der Waals surface area (Å²) in [6, 6.07) is 24.4. The van der Waals surface area contributed by atoms with E-state index in [1.807, 2.05) is 48.5 Å². The Kier molecular flexibility index (Phi) is 2.58. The molecule has 0 aliphatic carbocycles. The standard InChI is InChI=1S/C20H12ClNO/c21-13-6-5-7-14(12-13)22-17-10-3-1-8-15(17)19-16-9-2-4-11-18(16)23-20(19)22/h1-12H. The second-order valence-corrected chi connectivity index (χ2v) is 6.05. The molecule has 0 saturated heterocycles. The highest BCUT2D eigenvalue weighted by Crippen LogP contribution is 2.38. The summed E-state index contributed by atoms with van der Waals surface area (Å²) in [6.07, 6.45) is 0. The van der Waals surface area contributed by atoms with Gasteiger partial charge < -0.3 is 4.42 Å². The lowest BCUT2D eigenvalue weighted by Gasteiger charge is -2.06. The van der Waals surface area contributed by atoms with Gasteiger partial charge in [-0.1, -0.05) is 54.1 Å². The number of aromatic nitrogens is 1. The number of para-hydroxylation sites is 2. The predicted octanol–water partition coefficient (Wildman–Crippen LogP) is 6.18. The lowest BCUT2D eigenvalue weighted by Crippen LogP contribution is -1.92. The van der Waals surface area contributed by atoms with Crippen molar-refractivity contribution in [1.29, 1.82) is 0 Å². The zero-order valence-electron chi connectivity index (χ0n) is 12.2. The van der Waals surface area contributed by atoms with Gasteiger partial charge in [-0.3, -0.25) is 4.57 Å². The van der Waals surface area contributed by atoms with Gasteiger partial charge in [-0.25, -0.2) is 0 Å². The molecule has 5 aromatic rings. The fourth-order valence-electron chi connectivity index (χ4n) is 3.31. The molecule has 0 bridgehead atoms. The third-order valence-electron chi connectivity index (χ3n) is 4.26. The third kappa shape index (κ3) is 1.76. The van der Waals surface area contributed by atoms with Gasteiger partial charge in [-0.15, -0.1) is 0 Å². The molecule has 0 atom stereocenters. The molecular weight excluding hydrogens is 306 g/mol. The lowest BCUT2D eigenvalue weighted by molar-refractivity contribution is 0.645. The van der Waals surface area contributed by atoms with E-state index in [1.165, 1.54) is 5.39 Å². The van der Waals surface area contributed by atoms with Crippen molar-refractivity contribution in [2.45, 2.75) is 0 Å². The molecule has 0 unspecified atom stereocenters. The van der Waals surface area contributed by atoms with Gasteiger partial charge in [0.25, 0.3) is 0 Å². The minimum Gasteiger partial charge on any atom is -0.439 e. The quantitative estimate of drug-likeness (QED) is 0.361. The van der Waals surface area contributed by atoms with E-state index in [0.29, 0.717) is 5.02 Å². The molecule has 23 heavy (non-hydrogen) atoms. The molecule has 2 nitrogen and oxygen atoms in total. The normalized spacial score (nSPS) is 11.7. The van der Waals surface area contributed by atoms with Crippen molar-refractivity contribution >= 4 is 44.6 Å². The van der Waals surface area contributed by atoms with Gasteiger partial charge in [0, 0.05) is 15.8 Å². The highest BCUT2D eigenvalue weighted by Gasteiger charge is 2.18. The summed E-state index contributed by atoms with van der Waals surface area (Å²) >= 11 is 6.20. The summed E-state index contributed by atoms with van der Waals surface area (Å²) in [5, 5.41) is 4.19. The monoisotopic (exact) mass is 317 g/mol. The van der Waals surface area contributed by atoms with E-state index in [0.717, 1.165) is 33.3 Å². The number of benzene rings is 3. The highest BCUT2D eigenvalue weighted by atomic mass is 35.5. The van der Waals surface area contributed by atoms with Gasteiger partial charge >= 0.3 is 0 Å². The van der Waals surface area contributed by atoms with Crippen molar-refractivity contribution in [3.63, 3.8) is 0 Å². The summed E-state index contributed by atoms with van der Waals surface area (Å²) in [6.45, 7) is 0. The van der Waals surface area contributed by atoms with Crippen LogP contribution in [0.15, 0.2) is 77.2 Å². The molecule has 5 rings (SSSR count). The summed E-state index contributed by atoms with van der Waals surface area (Å²) in [4.78, 5) is 0. The molecular formula is C20H12ClNO. The zero-order valence-corrected chi connectivity index (χ0v) is 12.9. The average Bonchev–Trinajstić information content (AvgIpc) is 3.09. The van der Waals surface area contributed by atoms with Crippen LogP contribution < -0.4 is 0 Å². The van der Waals surface area contributed by atoms with E-state index in [1.54, 1.807) is 0 Å². The molecule has 2 aromatic heterocycles. The Labute approximate surface area is 137 Å². The maximum absolute atomic E-state index is 6.20. The number of halogens is 1. The fourth-order valence-corrected chi connectivity index (χ4v) is 3.50. The molecule has 0 radical (unpaired) electrons. The predicted molar refractivity (Wildman–Crippen MR) is 95.6 cm³/mol. The topological polar surface area (TPSA) is 18.1 Å². The fraction of sp³-hybridized carbons (Fsp3) is 0. The van der Waals surface area contributed by atoms with Crippen molar-refractivity contribution in [2.24, 2.45) is 0 Å². The van der Waals surface area contributed by atoms with E-state index in [4.69, 9.17) is 16.0 Å². The number of rotatable bonds is 1. The first kappa shape index (κ1) is 12.8. The summed E-state index contributed by atoms with van der Waals surface area (Å²) in [5.41, 5.74) is 3.88. The van der Waals surface area contributed by atoms with Gasteiger partial charge in [0.05, 0.1) is 16.6 Å². The van der Waals surface area contributed by atoms with E-state index in [2.05, 4.69) is 28.8 Å². The Hall–Kier alpha value is -2.71. The molecule has 2 heterocycles. The van der Waals surface area contributed by atoms with E-state index in [-0.39, 0.29) is 0 Å². The Morgan fingerprint density at radius 2 is 1.57 bits per heavy atom. The first-order valence-electron chi connectivity index (χ1n) is 7.49. The van der Waals surface area contributed by atoms with Gasteiger partial charge in [0.1, 0.15) is 5.58 Å². The van der Waals surface area contributed by atoms with Crippen LogP contribution in [0.1, 0.15) is 0 Å². The number of nitrogens with zero attached hydrogens (tertiary/aromatic N) is 1. The van der Waals surface area contributed by atoms with Crippen LogP contribution >= 0.6 is 11.6 Å². The molecule has 0 aliphatic heterocycles. The Balaban J connectivity index is 2.04. The van der Waals surface area contributed by atoms with Crippen LogP contribution in [-0.4, -0.2) is 4.57 Å². The molecule has 3 aromatic carbocycles. The summed E-state index contributed by atoms with van der Waals surface area (Å²) < 4.78 is 8.32. The van der Waals surface area contributed by atoms with Crippen LogP contribution in [-0.2, 0) is 0 Å². The van der Waals surface area contributed by atoms with Crippen LogP contribution in [0, 0.1) is 0 Å². The van der Waals surface area contributed by atoms with Crippen LogP contribution in [0.3, 0.4) is 0 Å². The largest absolute Gasteiger partial charge is 0.439 e. The summed E-state index contributed by atoms with van der Waals surface area (Å²) in [7, 11) is 0. The van der Waals surface area contributed by atoms with Crippen molar-refractivity contribution in [3.8, 4) is 5.69 Å². The average molecular weight is 318 g/mol. The second-order valence-electron chi connectivity index (χ2n) is 5.61. The molecule has 0 amide bonds. The second kappa shape index (κ2) is 4.64. The van der Waals surface area contributed by atoms with Gasteiger partial charge in [0.2, 0.25) is 5.71 Å². The van der Waals surface area contributed by atoms with Gasteiger partial charge in [-0.2, -0.15) is 0 Å². The van der Waals surface area contributed by atoms with E-state index in [9.17, 15) is 0 Å². The molecule has 110 valence electrons.